The number of amides is 1. The highest BCUT2D eigenvalue weighted by molar-refractivity contribution is 7.09. The molecule has 30 heavy (non-hydrogen) atoms. The van der Waals surface area contributed by atoms with E-state index in [4.69, 9.17) is 0 Å². The lowest BCUT2D eigenvalue weighted by atomic mass is 9.84. The molecule has 1 aromatic heterocycles. The number of quaternary nitrogens is 1. The van der Waals surface area contributed by atoms with Gasteiger partial charge in [0.2, 0.25) is 0 Å². The number of anilines is 1. The lowest BCUT2D eigenvalue weighted by molar-refractivity contribution is -0.925. The smallest absolute Gasteiger partial charge is 0.282 e. The first-order chi connectivity index (χ1) is 14.5. The third kappa shape index (κ3) is 3.72. The molecule has 1 aliphatic carbocycles. The van der Waals surface area contributed by atoms with Gasteiger partial charge in [0.25, 0.3) is 5.91 Å². The van der Waals surface area contributed by atoms with Crippen LogP contribution in [0, 0.1) is 0 Å². The zero-order chi connectivity index (χ0) is 21.3. The first-order valence-electron chi connectivity index (χ1n) is 10.00. The first kappa shape index (κ1) is 20.2. The molecule has 0 fully saturated rings. The SMILES string of the molecule is CC[NH+](Cc1cccs1)[C@H](C)C(=O)Nc1ccc2c(c1)C(=O)c1ccccc1C2=O. The van der Waals surface area contributed by atoms with E-state index in [2.05, 4.69) is 18.3 Å². The quantitative estimate of drug-likeness (QED) is 0.505. The zero-order valence-corrected chi connectivity index (χ0v) is 17.7. The van der Waals surface area contributed by atoms with E-state index in [1.807, 2.05) is 18.4 Å². The molecule has 0 saturated carbocycles. The van der Waals surface area contributed by atoms with Crippen molar-refractivity contribution in [3.8, 4) is 0 Å². The second kappa shape index (κ2) is 8.34. The lowest BCUT2D eigenvalue weighted by Gasteiger charge is -2.24. The van der Waals surface area contributed by atoms with Gasteiger partial charge in [-0.3, -0.25) is 14.4 Å². The van der Waals surface area contributed by atoms with Crippen LogP contribution in [0.2, 0.25) is 0 Å². The summed E-state index contributed by atoms with van der Waals surface area (Å²) in [4.78, 5) is 40.9. The fourth-order valence-corrected chi connectivity index (χ4v) is 4.59. The number of fused-ring (bicyclic) bond motifs is 2. The molecule has 0 aliphatic heterocycles. The van der Waals surface area contributed by atoms with Gasteiger partial charge in [0.05, 0.1) is 11.4 Å². The topological polar surface area (TPSA) is 67.7 Å². The Bertz CT molecular complexity index is 1120. The van der Waals surface area contributed by atoms with Crippen molar-refractivity contribution in [2.75, 3.05) is 11.9 Å². The number of ketones is 2. The molecule has 1 heterocycles. The van der Waals surface area contributed by atoms with Gasteiger partial charge >= 0.3 is 0 Å². The lowest BCUT2D eigenvalue weighted by Crippen LogP contribution is -3.15. The number of rotatable bonds is 6. The van der Waals surface area contributed by atoms with E-state index in [-0.39, 0.29) is 23.5 Å². The van der Waals surface area contributed by atoms with Crippen molar-refractivity contribution in [1.82, 2.24) is 0 Å². The molecule has 5 nitrogen and oxygen atoms in total. The molecule has 1 unspecified atom stereocenters. The molecule has 0 saturated heterocycles. The predicted molar refractivity (Wildman–Crippen MR) is 117 cm³/mol. The molecule has 3 aromatic rings. The summed E-state index contributed by atoms with van der Waals surface area (Å²) in [5.74, 6) is -0.467. The molecule has 2 N–H and O–H groups in total. The monoisotopic (exact) mass is 419 g/mol. The van der Waals surface area contributed by atoms with Crippen LogP contribution in [0.3, 0.4) is 0 Å². The summed E-state index contributed by atoms with van der Waals surface area (Å²) in [6.45, 7) is 5.58. The number of carbonyl (C=O) groups is 3. The van der Waals surface area contributed by atoms with Gasteiger partial charge in [0, 0.05) is 27.9 Å². The Morgan fingerprint density at radius 2 is 1.63 bits per heavy atom. The van der Waals surface area contributed by atoms with Crippen LogP contribution in [-0.2, 0) is 11.3 Å². The average Bonchev–Trinajstić information content (AvgIpc) is 3.28. The van der Waals surface area contributed by atoms with E-state index in [1.54, 1.807) is 53.8 Å². The van der Waals surface area contributed by atoms with E-state index in [0.29, 0.717) is 27.9 Å². The molecule has 2 aromatic carbocycles. The van der Waals surface area contributed by atoms with Gasteiger partial charge in [-0.2, -0.15) is 0 Å². The summed E-state index contributed by atoms with van der Waals surface area (Å²) in [7, 11) is 0. The molecule has 1 aliphatic rings. The highest BCUT2D eigenvalue weighted by atomic mass is 32.1. The van der Waals surface area contributed by atoms with Gasteiger partial charge < -0.3 is 10.2 Å². The van der Waals surface area contributed by atoms with E-state index >= 15 is 0 Å². The Balaban J connectivity index is 1.53. The molecule has 152 valence electrons. The minimum absolute atomic E-state index is 0.113. The van der Waals surface area contributed by atoms with E-state index in [9.17, 15) is 14.4 Å². The van der Waals surface area contributed by atoms with Crippen LogP contribution in [0.1, 0.15) is 50.6 Å². The van der Waals surface area contributed by atoms with Crippen LogP contribution >= 0.6 is 11.3 Å². The molecular weight excluding hydrogens is 396 g/mol. The molecule has 6 heteroatoms. The zero-order valence-electron chi connectivity index (χ0n) is 16.9. The molecule has 0 radical (unpaired) electrons. The minimum Gasteiger partial charge on any atom is -0.321 e. The van der Waals surface area contributed by atoms with Gasteiger partial charge in [-0.25, -0.2) is 0 Å². The van der Waals surface area contributed by atoms with Crippen molar-refractivity contribution in [2.24, 2.45) is 0 Å². The maximum atomic E-state index is 12.9. The van der Waals surface area contributed by atoms with Crippen molar-refractivity contribution in [3.63, 3.8) is 0 Å². The molecule has 0 bridgehead atoms. The Labute approximate surface area is 179 Å². The van der Waals surface area contributed by atoms with Crippen molar-refractivity contribution in [2.45, 2.75) is 26.4 Å². The standard InChI is InChI=1S/C24H22N2O3S/c1-3-26(14-17-7-6-12-30-17)15(2)24(29)25-16-10-11-20-21(13-16)23(28)19-9-5-4-8-18(19)22(20)27/h4-13,15H,3,14H2,1-2H3,(H,25,29)/p+1/t15-/m1/s1. The number of benzene rings is 2. The number of hydrogen-bond donors (Lipinski definition) is 2. The van der Waals surface area contributed by atoms with Crippen LogP contribution in [0.4, 0.5) is 5.69 Å². The molecule has 2 atom stereocenters. The highest BCUT2D eigenvalue weighted by Gasteiger charge is 2.30. The van der Waals surface area contributed by atoms with Crippen molar-refractivity contribution in [1.29, 1.82) is 0 Å². The first-order valence-corrected chi connectivity index (χ1v) is 10.9. The number of carbonyl (C=O) groups excluding carboxylic acids is 3. The van der Waals surface area contributed by atoms with E-state index < -0.39 is 0 Å². The van der Waals surface area contributed by atoms with E-state index in [0.717, 1.165) is 18.0 Å². The normalized spacial score (nSPS) is 14.6. The Hall–Kier alpha value is -3.09. The van der Waals surface area contributed by atoms with Crippen molar-refractivity contribution in [3.05, 3.63) is 87.1 Å². The maximum absolute atomic E-state index is 12.9. The van der Waals surface area contributed by atoms with Gasteiger partial charge in [-0.05, 0) is 43.5 Å². The minimum atomic E-state index is -0.258. The Morgan fingerprint density at radius 1 is 0.967 bits per heavy atom. The van der Waals surface area contributed by atoms with Crippen LogP contribution in [-0.4, -0.2) is 30.1 Å². The molecule has 4 rings (SSSR count). The molecule has 0 spiro atoms. The highest BCUT2D eigenvalue weighted by Crippen LogP contribution is 2.29. The predicted octanol–water partition coefficient (Wildman–Crippen LogP) is 2.96. The summed E-state index contributed by atoms with van der Waals surface area (Å²) < 4.78 is 0. The summed E-state index contributed by atoms with van der Waals surface area (Å²) in [5, 5.41) is 4.96. The Morgan fingerprint density at radius 3 is 2.27 bits per heavy atom. The van der Waals surface area contributed by atoms with Crippen LogP contribution < -0.4 is 10.2 Å². The Kier molecular flexibility index (Phi) is 5.61. The maximum Gasteiger partial charge on any atom is 0.282 e. The number of hydrogen-bond acceptors (Lipinski definition) is 4. The van der Waals surface area contributed by atoms with E-state index in [1.165, 1.54) is 4.88 Å². The summed E-state index contributed by atoms with van der Waals surface area (Å²) in [5.41, 5.74) is 2.07. The third-order valence-electron chi connectivity index (χ3n) is 5.63. The van der Waals surface area contributed by atoms with Crippen LogP contribution in [0.5, 0.6) is 0 Å². The second-order valence-electron chi connectivity index (χ2n) is 7.44. The number of likely N-dealkylation sites (N-methyl/N-ethyl adjacent to an activating group) is 1. The largest absolute Gasteiger partial charge is 0.321 e. The third-order valence-corrected chi connectivity index (χ3v) is 6.51. The fraction of sp³-hybridized carbons (Fsp3) is 0.208. The summed E-state index contributed by atoms with van der Waals surface area (Å²) >= 11 is 1.69. The van der Waals surface area contributed by atoms with Crippen LogP contribution in [0.15, 0.2) is 60.0 Å². The number of nitrogens with one attached hydrogen (secondary N) is 2. The summed E-state index contributed by atoms with van der Waals surface area (Å²) in [6.07, 6.45) is 0. The van der Waals surface area contributed by atoms with Crippen molar-refractivity contribution < 1.29 is 19.3 Å². The average molecular weight is 420 g/mol. The molecule has 1 amide bonds. The second-order valence-corrected chi connectivity index (χ2v) is 8.48. The van der Waals surface area contributed by atoms with Gasteiger partial charge in [0.15, 0.2) is 17.6 Å². The number of thiophene rings is 1. The van der Waals surface area contributed by atoms with Crippen LogP contribution in [0.25, 0.3) is 0 Å². The van der Waals surface area contributed by atoms with Crippen molar-refractivity contribution >= 4 is 34.5 Å². The van der Waals surface area contributed by atoms with Gasteiger partial charge in [-0.1, -0.05) is 30.3 Å². The summed E-state index contributed by atoms with van der Waals surface area (Å²) in [6, 6.07) is 15.6. The van der Waals surface area contributed by atoms with Gasteiger partial charge in [-0.15, -0.1) is 11.3 Å². The molecular formula is C24H23N2O3S+. The fourth-order valence-electron chi connectivity index (χ4n) is 3.83. The van der Waals surface area contributed by atoms with Gasteiger partial charge in [0.1, 0.15) is 6.54 Å².